The highest BCUT2D eigenvalue weighted by molar-refractivity contribution is 7.98. The molecule has 1 aromatic heterocycles. The van der Waals surface area contributed by atoms with Crippen LogP contribution in [0.2, 0.25) is 0 Å². The minimum atomic E-state index is -0.686. The summed E-state index contributed by atoms with van der Waals surface area (Å²) >= 11 is 1.37. The van der Waals surface area contributed by atoms with E-state index in [1.807, 2.05) is 27.0 Å². The number of aromatic amines is 1. The number of nitrogens with one attached hydrogen (secondary N) is 1. The number of rotatable bonds is 1. The van der Waals surface area contributed by atoms with Crippen molar-refractivity contribution in [3.05, 3.63) is 21.6 Å². The van der Waals surface area contributed by atoms with Crippen molar-refractivity contribution in [1.29, 1.82) is 0 Å². The summed E-state index contributed by atoms with van der Waals surface area (Å²) in [4.78, 5) is 33.9. The second-order valence-electron chi connectivity index (χ2n) is 6.81. The first kappa shape index (κ1) is 16.3. The van der Waals surface area contributed by atoms with Crippen LogP contribution in [0.15, 0.2) is 9.95 Å². The molecule has 0 aromatic carbocycles. The monoisotopic (exact) mass is 339 g/mol. The van der Waals surface area contributed by atoms with Crippen LogP contribution in [0.1, 0.15) is 32.0 Å². The molecule has 1 fully saturated rings. The van der Waals surface area contributed by atoms with Crippen molar-refractivity contribution in [2.75, 3.05) is 26.0 Å². The van der Waals surface area contributed by atoms with Crippen molar-refractivity contribution < 1.29 is 14.3 Å². The molecule has 1 N–H and O–H groups in total. The molecule has 0 radical (unpaired) electrons. The minimum absolute atomic E-state index is 0.130. The van der Waals surface area contributed by atoms with E-state index in [0.717, 1.165) is 0 Å². The van der Waals surface area contributed by atoms with Gasteiger partial charge >= 0.3 is 6.09 Å². The topological polar surface area (TPSA) is 84.5 Å². The molecule has 0 saturated carbocycles. The molecular formula is C15H21N3O4S. The molecule has 0 bridgehead atoms. The highest BCUT2D eigenvalue weighted by Gasteiger charge is 2.54. The van der Waals surface area contributed by atoms with Gasteiger partial charge in [0.15, 0.2) is 5.16 Å². The SMILES string of the molecule is CSc1nc2c(c(=O)[nH]1)CCN(C(=O)OC(C)(C)C)C21COC1. The van der Waals surface area contributed by atoms with Crippen molar-refractivity contribution in [3.8, 4) is 0 Å². The highest BCUT2D eigenvalue weighted by atomic mass is 32.2. The van der Waals surface area contributed by atoms with Gasteiger partial charge in [-0.3, -0.25) is 9.69 Å². The fourth-order valence-electron chi connectivity index (χ4n) is 2.93. The lowest BCUT2D eigenvalue weighted by atomic mass is 9.83. The molecule has 1 aromatic rings. The maximum atomic E-state index is 12.6. The lowest BCUT2D eigenvalue weighted by molar-refractivity contribution is -0.148. The van der Waals surface area contributed by atoms with Gasteiger partial charge < -0.3 is 14.5 Å². The predicted molar refractivity (Wildman–Crippen MR) is 85.8 cm³/mol. The zero-order chi connectivity index (χ0) is 16.8. The van der Waals surface area contributed by atoms with Crippen LogP contribution in [0.25, 0.3) is 0 Å². The maximum absolute atomic E-state index is 12.6. The van der Waals surface area contributed by atoms with E-state index in [-0.39, 0.29) is 11.7 Å². The maximum Gasteiger partial charge on any atom is 0.411 e. The van der Waals surface area contributed by atoms with Gasteiger partial charge in [-0.2, -0.15) is 0 Å². The first-order valence-electron chi connectivity index (χ1n) is 7.53. The minimum Gasteiger partial charge on any atom is -0.444 e. The van der Waals surface area contributed by atoms with Gasteiger partial charge in [-0.15, -0.1) is 0 Å². The molecule has 8 heteroatoms. The van der Waals surface area contributed by atoms with Crippen molar-refractivity contribution in [1.82, 2.24) is 14.9 Å². The van der Waals surface area contributed by atoms with Crippen LogP contribution in [0.5, 0.6) is 0 Å². The Morgan fingerprint density at radius 2 is 2.13 bits per heavy atom. The molecule has 3 heterocycles. The summed E-state index contributed by atoms with van der Waals surface area (Å²) in [7, 11) is 0. The van der Waals surface area contributed by atoms with E-state index < -0.39 is 11.1 Å². The Hall–Kier alpha value is -1.54. The molecule has 1 spiro atoms. The Morgan fingerprint density at radius 3 is 2.65 bits per heavy atom. The lowest BCUT2D eigenvalue weighted by Gasteiger charge is -2.51. The van der Waals surface area contributed by atoms with Crippen LogP contribution in [0.3, 0.4) is 0 Å². The Labute approximate surface area is 138 Å². The van der Waals surface area contributed by atoms with Crippen LogP contribution in [-0.2, 0) is 21.4 Å². The molecule has 0 atom stereocenters. The number of hydrogen-bond acceptors (Lipinski definition) is 6. The van der Waals surface area contributed by atoms with Crippen LogP contribution in [0.4, 0.5) is 4.79 Å². The number of hydrogen-bond donors (Lipinski definition) is 1. The second-order valence-corrected chi connectivity index (χ2v) is 7.60. The number of fused-ring (bicyclic) bond motifs is 2. The molecule has 2 aliphatic heterocycles. The molecule has 3 rings (SSSR count). The molecule has 0 unspecified atom stereocenters. The smallest absolute Gasteiger partial charge is 0.411 e. The number of carbonyl (C=O) groups is 1. The number of amides is 1. The zero-order valence-electron chi connectivity index (χ0n) is 13.8. The van der Waals surface area contributed by atoms with Crippen molar-refractivity contribution in [2.45, 2.75) is 43.5 Å². The van der Waals surface area contributed by atoms with Gasteiger partial charge in [0, 0.05) is 12.1 Å². The summed E-state index contributed by atoms with van der Waals surface area (Å²) in [5, 5.41) is 0.547. The lowest BCUT2D eigenvalue weighted by Crippen LogP contribution is -2.65. The van der Waals surface area contributed by atoms with Gasteiger partial charge in [0.05, 0.1) is 18.9 Å². The van der Waals surface area contributed by atoms with Crippen LogP contribution >= 0.6 is 11.8 Å². The largest absolute Gasteiger partial charge is 0.444 e. The van der Waals surface area contributed by atoms with Gasteiger partial charge in [0.1, 0.15) is 11.1 Å². The molecule has 1 amide bonds. The molecular weight excluding hydrogens is 318 g/mol. The van der Waals surface area contributed by atoms with Crippen LogP contribution in [-0.4, -0.2) is 52.6 Å². The van der Waals surface area contributed by atoms with Crippen molar-refractivity contribution in [3.63, 3.8) is 0 Å². The Morgan fingerprint density at radius 1 is 1.43 bits per heavy atom. The fraction of sp³-hybridized carbons (Fsp3) is 0.667. The quantitative estimate of drug-likeness (QED) is 0.617. The van der Waals surface area contributed by atoms with Gasteiger partial charge in [0.2, 0.25) is 0 Å². The van der Waals surface area contributed by atoms with E-state index in [0.29, 0.717) is 42.6 Å². The van der Waals surface area contributed by atoms with Gasteiger partial charge in [-0.25, -0.2) is 9.78 Å². The fourth-order valence-corrected chi connectivity index (χ4v) is 3.30. The van der Waals surface area contributed by atoms with Gasteiger partial charge in [-0.05, 0) is 33.4 Å². The summed E-state index contributed by atoms with van der Waals surface area (Å²) < 4.78 is 10.9. The molecule has 1 saturated heterocycles. The Bertz CT molecular complexity index is 691. The normalized spacial score (nSPS) is 19.2. The third kappa shape index (κ3) is 2.74. The van der Waals surface area contributed by atoms with Crippen molar-refractivity contribution in [2.24, 2.45) is 0 Å². The van der Waals surface area contributed by atoms with Crippen LogP contribution in [0, 0.1) is 0 Å². The Kier molecular flexibility index (Phi) is 3.92. The number of aromatic nitrogens is 2. The number of carbonyl (C=O) groups excluding carboxylic acids is 1. The van der Waals surface area contributed by atoms with Gasteiger partial charge in [0.25, 0.3) is 5.56 Å². The molecule has 23 heavy (non-hydrogen) atoms. The van der Waals surface area contributed by atoms with E-state index >= 15 is 0 Å². The third-order valence-electron chi connectivity index (χ3n) is 4.03. The molecule has 7 nitrogen and oxygen atoms in total. The first-order chi connectivity index (χ1) is 10.8. The Balaban J connectivity index is 2.03. The predicted octanol–water partition coefficient (Wildman–Crippen LogP) is 1.51. The average Bonchev–Trinajstić information content (AvgIpc) is 2.42. The standard InChI is InChI=1S/C15H21N3O4S/c1-14(2,3)22-13(20)18-6-5-9-10(15(18)7-21-8-15)16-12(23-4)17-11(9)19/h5-8H2,1-4H3,(H,16,17,19). The summed E-state index contributed by atoms with van der Waals surface area (Å²) in [5.41, 5.74) is -0.0987. The summed E-state index contributed by atoms with van der Waals surface area (Å²) in [6.45, 7) is 6.60. The van der Waals surface area contributed by atoms with Crippen LogP contribution < -0.4 is 5.56 Å². The highest BCUT2D eigenvalue weighted by Crippen LogP contribution is 2.40. The number of ether oxygens (including phenoxy) is 2. The number of nitrogens with zero attached hydrogens (tertiary/aromatic N) is 2. The molecule has 0 aliphatic carbocycles. The molecule has 126 valence electrons. The second kappa shape index (κ2) is 5.52. The number of H-pyrrole nitrogens is 1. The van der Waals surface area contributed by atoms with E-state index in [9.17, 15) is 9.59 Å². The van der Waals surface area contributed by atoms with Crippen molar-refractivity contribution >= 4 is 17.9 Å². The number of thioether (sulfide) groups is 1. The van der Waals surface area contributed by atoms with E-state index in [2.05, 4.69) is 9.97 Å². The van der Waals surface area contributed by atoms with E-state index in [1.165, 1.54) is 11.8 Å². The summed E-state index contributed by atoms with van der Waals surface area (Å²) in [5.74, 6) is 0. The third-order valence-corrected chi connectivity index (χ3v) is 4.61. The summed E-state index contributed by atoms with van der Waals surface area (Å²) in [6, 6.07) is 0. The first-order valence-corrected chi connectivity index (χ1v) is 8.75. The van der Waals surface area contributed by atoms with E-state index in [1.54, 1.807) is 4.90 Å². The zero-order valence-corrected chi connectivity index (χ0v) is 14.6. The molecule has 2 aliphatic rings. The van der Waals surface area contributed by atoms with E-state index in [4.69, 9.17) is 9.47 Å². The average molecular weight is 339 g/mol. The van der Waals surface area contributed by atoms with Gasteiger partial charge in [-0.1, -0.05) is 11.8 Å². The summed E-state index contributed by atoms with van der Waals surface area (Å²) in [6.07, 6.45) is 1.93.